The molecule has 2 aromatic rings. The number of hydrogen-bond acceptors (Lipinski definition) is 4. The van der Waals surface area contributed by atoms with Crippen LogP contribution in [-0.2, 0) is 4.79 Å². The number of rotatable bonds is 2. The van der Waals surface area contributed by atoms with Crippen LogP contribution >= 0.6 is 58.2 Å². The summed E-state index contributed by atoms with van der Waals surface area (Å²) in [5, 5.41) is 0.616. The van der Waals surface area contributed by atoms with Gasteiger partial charge >= 0.3 is 0 Å². The zero-order chi connectivity index (χ0) is 15.0. The first kappa shape index (κ1) is 15.1. The van der Waals surface area contributed by atoms with E-state index in [0.29, 0.717) is 25.7 Å². The first-order valence-electron chi connectivity index (χ1n) is 5.83. The largest absolute Gasteiger partial charge is 0.451 e. The molecule has 3 nitrogen and oxygen atoms in total. The Hall–Kier alpha value is -0.830. The third-order valence-electron chi connectivity index (χ3n) is 2.75. The zero-order valence-corrected chi connectivity index (χ0v) is 14.9. The van der Waals surface area contributed by atoms with Gasteiger partial charge < -0.3 is 4.42 Å². The van der Waals surface area contributed by atoms with Crippen LogP contribution in [0.5, 0.6) is 0 Å². The highest BCUT2D eigenvalue weighted by Crippen LogP contribution is 2.36. The van der Waals surface area contributed by atoms with Crippen molar-refractivity contribution in [2.45, 2.75) is 0 Å². The van der Waals surface area contributed by atoms with Crippen LogP contribution in [0.25, 0.3) is 6.08 Å². The maximum absolute atomic E-state index is 12.5. The lowest BCUT2D eigenvalue weighted by molar-refractivity contribution is -0.113. The van der Waals surface area contributed by atoms with E-state index in [1.54, 1.807) is 30.3 Å². The van der Waals surface area contributed by atoms with Crippen LogP contribution in [0.4, 0.5) is 5.69 Å². The smallest absolute Gasteiger partial charge is 0.270 e. The molecule has 1 aromatic carbocycles. The third-order valence-corrected chi connectivity index (χ3v) is 4.88. The predicted octanol–water partition coefficient (Wildman–Crippen LogP) is 4.94. The lowest BCUT2D eigenvalue weighted by Gasteiger charge is -2.14. The van der Waals surface area contributed by atoms with Gasteiger partial charge in [-0.1, -0.05) is 35.6 Å². The Bertz CT molecular complexity index is 755. The standard InChI is InChI=1S/C14H7ClINO2S2/c15-8-1-3-9(4-2-8)17-13(18)11(21-14(17)20)7-10-5-6-12(16)19-10/h1-7H/b11-7-. The van der Waals surface area contributed by atoms with Gasteiger partial charge in [-0.3, -0.25) is 9.69 Å². The summed E-state index contributed by atoms with van der Waals surface area (Å²) < 4.78 is 6.72. The number of carbonyl (C=O) groups is 1. The van der Waals surface area contributed by atoms with E-state index in [1.165, 1.54) is 16.7 Å². The molecule has 0 atom stereocenters. The van der Waals surface area contributed by atoms with Crippen molar-refractivity contribution in [3.8, 4) is 0 Å². The van der Waals surface area contributed by atoms with E-state index < -0.39 is 0 Å². The van der Waals surface area contributed by atoms with E-state index in [0.717, 1.165) is 3.77 Å². The number of amides is 1. The Morgan fingerprint density at radius 1 is 1.24 bits per heavy atom. The van der Waals surface area contributed by atoms with Crippen molar-refractivity contribution in [1.82, 2.24) is 0 Å². The van der Waals surface area contributed by atoms with E-state index in [-0.39, 0.29) is 5.91 Å². The molecule has 1 aliphatic heterocycles. The lowest BCUT2D eigenvalue weighted by atomic mass is 10.3. The monoisotopic (exact) mass is 447 g/mol. The second kappa shape index (κ2) is 6.12. The summed E-state index contributed by atoms with van der Waals surface area (Å²) in [5.41, 5.74) is 0.708. The molecule has 1 saturated heterocycles. The van der Waals surface area contributed by atoms with Crippen molar-refractivity contribution in [1.29, 1.82) is 0 Å². The third kappa shape index (κ3) is 3.18. The van der Waals surface area contributed by atoms with Gasteiger partial charge in [-0.05, 0) is 59.0 Å². The normalized spacial score (nSPS) is 17.0. The molecule has 1 amide bonds. The number of benzene rings is 1. The van der Waals surface area contributed by atoms with Crippen molar-refractivity contribution in [3.63, 3.8) is 0 Å². The maximum Gasteiger partial charge on any atom is 0.270 e. The number of furan rings is 1. The van der Waals surface area contributed by atoms with Crippen molar-refractivity contribution >= 4 is 80.2 Å². The van der Waals surface area contributed by atoms with Crippen LogP contribution < -0.4 is 4.90 Å². The molecule has 0 aliphatic carbocycles. The molecule has 0 bridgehead atoms. The fourth-order valence-electron chi connectivity index (χ4n) is 1.82. The predicted molar refractivity (Wildman–Crippen MR) is 98.5 cm³/mol. The van der Waals surface area contributed by atoms with Gasteiger partial charge in [0.15, 0.2) is 8.09 Å². The van der Waals surface area contributed by atoms with Gasteiger partial charge in [-0.2, -0.15) is 0 Å². The second-order valence-electron chi connectivity index (χ2n) is 4.14. The minimum absolute atomic E-state index is 0.154. The van der Waals surface area contributed by atoms with E-state index in [2.05, 4.69) is 22.6 Å². The quantitative estimate of drug-likeness (QED) is 0.371. The van der Waals surface area contributed by atoms with E-state index in [9.17, 15) is 4.79 Å². The summed E-state index contributed by atoms with van der Waals surface area (Å²) in [5.74, 6) is 0.481. The molecular formula is C14H7ClINO2S2. The first-order valence-corrected chi connectivity index (χ1v) is 8.51. The molecule has 0 spiro atoms. The highest BCUT2D eigenvalue weighted by molar-refractivity contribution is 14.1. The Morgan fingerprint density at radius 2 is 1.95 bits per heavy atom. The molecule has 3 rings (SSSR count). The van der Waals surface area contributed by atoms with Crippen molar-refractivity contribution in [2.24, 2.45) is 0 Å². The van der Waals surface area contributed by atoms with Crippen LogP contribution in [0.3, 0.4) is 0 Å². The molecule has 0 unspecified atom stereocenters. The summed E-state index contributed by atoms with van der Waals surface area (Å²) in [4.78, 5) is 14.5. The van der Waals surface area contributed by atoms with Crippen LogP contribution in [0.1, 0.15) is 5.76 Å². The minimum atomic E-state index is -0.154. The molecule has 1 aliphatic rings. The van der Waals surface area contributed by atoms with Crippen LogP contribution in [-0.4, -0.2) is 10.2 Å². The van der Waals surface area contributed by atoms with Gasteiger partial charge in [-0.25, -0.2) is 0 Å². The maximum atomic E-state index is 12.5. The van der Waals surface area contributed by atoms with Crippen molar-refractivity contribution in [2.75, 3.05) is 4.90 Å². The molecule has 0 saturated carbocycles. The second-order valence-corrected chi connectivity index (χ2v) is 7.31. The number of thioether (sulfide) groups is 1. The fourth-order valence-corrected chi connectivity index (χ4v) is 3.65. The Morgan fingerprint density at radius 3 is 2.57 bits per heavy atom. The van der Waals surface area contributed by atoms with Gasteiger partial charge in [0.1, 0.15) is 5.76 Å². The van der Waals surface area contributed by atoms with Gasteiger partial charge in [0.2, 0.25) is 0 Å². The molecule has 0 radical (unpaired) electrons. The number of nitrogens with zero attached hydrogens (tertiary/aromatic N) is 1. The van der Waals surface area contributed by atoms with E-state index in [4.69, 9.17) is 28.2 Å². The van der Waals surface area contributed by atoms with Crippen molar-refractivity contribution < 1.29 is 9.21 Å². The summed E-state index contributed by atoms with van der Waals surface area (Å²) in [6, 6.07) is 10.7. The summed E-state index contributed by atoms with van der Waals surface area (Å²) in [6.07, 6.45) is 1.71. The Balaban J connectivity index is 1.92. The van der Waals surface area contributed by atoms with E-state index >= 15 is 0 Å². The van der Waals surface area contributed by atoms with Crippen LogP contribution in [0, 0.1) is 3.77 Å². The van der Waals surface area contributed by atoms with Crippen LogP contribution in [0.15, 0.2) is 45.7 Å². The topological polar surface area (TPSA) is 33.5 Å². The molecule has 2 heterocycles. The molecule has 21 heavy (non-hydrogen) atoms. The highest BCUT2D eigenvalue weighted by Gasteiger charge is 2.33. The number of carbonyl (C=O) groups excluding carboxylic acids is 1. The van der Waals surface area contributed by atoms with Gasteiger partial charge in [0.25, 0.3) is 5.91 Å². The minimum Gasteiger partial charge on any atom is -0.451 e. The highest BCUT2D eigenvalue weighted by atomic mass is 127. The number of hydrogen-bond donors (Lipinski definition) is 0. The molecule has 1 fully saturated rings. The van der Waals surface area contributed by atoms with Crippen molar-refractivity contribution in [3.05, 3.63) is 55.9 Å². The first-order chi connectivity index (χ1) is 10.0. The number of anilines is 1. The molecular weight excluding hydrogens is 441 g/mol. The Labute approximate surface area is 149 Å². The average molecular weight is 448 g/mol. The van der Waals surface area contributed by atoms with E-state index in [1.807, 2.05) is 12.1 Å². The van der Waals surface area contributed by atoms with Crippen LogP contribution in [0.2, 0.25) is 5.02 Å². The summed E-state index contributed by atoms with van der Waals surface area (Å²) >= 11 is 14.5. The average Bonchev–Trinajstić information content (AvgIpc) is 2.96. The number of halogens is 2. The summed E-state index contributed by atoms with van der Waals surface area (Å²) in [7, 11) is 0. The zero-order valence-electron chi connectivity index (χ0n) is 10.4. The molecule has 7 heteroatoms. The SMILES string of the molecule is O=C1/C(=C/c2ccc(I)o2)SC(=S)N1c1ccc(Cl)cc1. The van der Waals surface area contributed by atoms with Gasteiger partial charge in [0, 0.05) is 11.1 Å². The van der Waals surface area contributed by atoms with Gasteiger partial charge in [-0.15, -0.1) is 0 Å². The van der Waals surface area contributed by atoms with Gasteiger partial charge in [0.05, 0.1) is 10.6 Å². The fraction of sp³-hybridized carbons (Fsp3) is 0. The molecule has 1 aromatic heterocycles. The molecule has 0 N–H and O–H groups in total. The summed E-state index contributed by atoms with van der Waals surface area (Å²) in [6.45, 7) is 0. The molecule has 106 valence electrons. The Kier molecular flexibility index (Phi) is 4.39. The lowest BCUT2D eigenvalue weighted by Crippen LogP contribution is -2.27. The number of thiocarbonyl (C=S) groups is 1.